The molecule has 2 atom stereocenters. The van der Waals surface area contributed by atoms with Gasteiger partial charge in [0.15, 0.2) is 9.84 Å². The normalized spacial score (nSPS) is 17.5. The molecule has 0 radical (unpaired) electrons. The van der Waals surface area contributed by atoms with Crippen molar-refractivity contribution >= 4 is 21.7 Å². The number of nitrogens with one attached hydrogen (secondary N) is 1. The highest BCUT2D eigenvalue weighted by Gasteiger charge is 2.33. The molecule has 1 aliphatic rings. The number of sulfone groups is 1. The molecular formula is C21H24N2O4S. The predicted molar refractivity (Wildman–Crippen MR) is 106 cm³/mol. The summed E-state index contributed by atoms with van der Waals surface area (Å²) in [4.78, 5) is 26.9. The third kappa shape index (κ3) is 4.25. The Kier molecular flexibility index (Phi) is 5.56. The van der Waals surface area contributed by atoms with Crippen LogP contribution in [0.15, 0.2) is 53.4 Å². The Morgan fingerprint density at radius 2 is 1.68 bits per heavy atom. The van der Waals surface area contributed by atoms with E-state index in [1.165, 1.54) is 19.1 Å². The average Bonchev–Trinajstić information content (AvgIpc) is 2.66. The second-order valence-corrected chi connectivity index (χ2v) is 9.22. The molecule has 1 heterocycles. The fourth-order valence-corrected chi connectivity index (χ4v) is 4.12. The monoisotopic (exact) mass is 400 g/mol. The molecule has 28 heavy (non-hydrogen) atoms. The summed E-state index contributed by atoms with van der Waals surface area (Å²) in [5.74, 6) is -0.357. The molecule has 0 aliphatic carbocycles. The number of hydrogen-bond donors (Lipinski definition) is 1. The largest absolute Gasteiger partial charge is 0.348 e. The maximum atomic E-state index is 12.9. The van der Waals surface area contributed by atoms with Crippen molar-refractivity contribution < 1.29 is 18.0 Å². The summed E-state index contributed by atoms with van der Waals surface area (Å²) >= 11 is 0. The highest BCUT2D eigenvalue weighted by molar-refractivity contribution is 7.90. The molecular weight excluding hydrogens is 376 g/mol. The number of carbonyl (C=O) groups is 2. The second kappa shape index (κ2) is 7.75. The van der Waals surface area contributed by atoms with Gasteiger partial charge in [0.25, 0.3) is 0 Å². The van der Waals surface area contributed by atoms with Crippen LogP contribution in [-0.2, 0) is 32.4 Å². The lowest BCUT2D eigenvalue weighted by molar-refractivity contribution is -0.140. The fourth-order valence-electron chi connectivity index (χ4n) is 3.48. The molecule has 1 aliphatic heterocycles. The summed E-state index contributed by atoms with van der Waals surface area (Å²) in [5, 5.41) is 2.96. The minimum absolute atomic E-state index is 0.139. The number of fused-ring (bicyclic) bond motifs is 1. The molecule has 0 bridgehead atoms. The summed E-state index contributed by atoms with van der Waals surface area (Å²) in [6, 6.07) is 13.4. The molecule has 0 saturated carbocycles. The SMILES string of the molecule is CC(=O)N1Cc2ccccc2CC1C(=O)NC(C)c1ccc(S(C)(=O)=O)cc1. The van der Waals surface area contributed by atoms with Crippen LogP contribution in [0.3, 0.4) is 0 Å². The van der Waals surface area contributed by atoms with E-state index in [0.717, 1.165) is 22.9 Å². The van der Waals surface area contributed by atoms with E-state index in [2.05, 4.69) is 5.32 Å². The first-order valence-corrected chi connectivity index (χ1v) is 11.0. The minimum atomic E-state index is -3.26. The van der Waals surface area contributed by atoms with Gasteiger partial charge in [-0.1, -0.05) is 36.4 Å². The molecule has 0 spiro atoms. The Labute approximate surface area is 165 Å². The third-order valence-corrected chi connectivity index (χ3v) is 6.25. The molecule has 2 aromatic carbocycles. The van der Waals surface area contributed by atoms with Crippen molar-refractivity contribution in [1.29, 1.82) is 0 Å². The lowest BCUT2D eigenvalue weighted by Crippen LogP contribution is -2.52. The lowest BCUT2D eigenvalue weighted by atomic mass is 9.93. The van der Waals surface area contributed by atoms with E-state index in [4.69, 9.17) is 0 Å². The van der Waals surface area contributed by atoms with Crippen LogP contribution in [0.5, 0.6) is 0 Å². The maximum Gasteiger partial charge on any atom is 0.243 e. The number of rotatable bonds is 4. The van der Waals surface area contributed by atoms with E-state index in [9.17, 15) is 18.0 Å². The summed E-state index contributed by atoms with van der Waals surface area (Å²) in [6.07, 6.45) is 1.63. The van der Waals surface area contributed by atoms with Crippen molar-refractivity contribution in [2.75, 3.05) is 6.26 Å². The third-order valence-electron chi connectivity index (χ3n) is 5.12. The van der Waals surface area contributed by atoms with Crippen molar-refractivity contribution in [3.8, 4) is 0 Å². The average molecular weight is 401 g/mol. The van der Waals surface area contributed by atoms with Gasteiger partial charge in [-0.3, -0.25) is 9.59 Å². The number of hydrogen-bond acceptors (Lipinski definition) is 4. The molecule has 148 valence electrons. The number of carbonyl (C=O) groups excluding carboxylic acids is 2. The molecule has 0 aromatic heterocycles. The lowest BCUT2D eigenvalue weighted by Gasteiger charge is -2.36. The van der Waals surface area contributed by atoms with Crippen molar-refractivity contribution in [3.63, 3.8) is 0 Å². The first-order chi connectivity index (χ1) is 13.2. The van der Waals surface area contributed by atoms with Crippen LogP contribution >= 0.6 is 0 Å². The van der Waals surface area contributed by atoms with Gasteiger partial charge in [-0.2, -0.15) is 0 Å². The molecule has 6 nitrogen and oxygen atoms in total. The Morgan fingerprint density at radius 3 is 2.25 bits per heavy atom. The predicted octanol–water partition coefficient (Wildman–Crippen LogP) is 2.24. The smallest absolute Gasteiger partial charge is 0.243 e. The molecule has 7 heteroatoms. The van der Waals surface area contributed by atoms with Crippen LogP contribution in [0, 0.1) is 0 Å². The van der Waals surface area contributed by atoms with Gasteiger partial charge >= 0.3 is 0 Å². The van der Waals surface area contributed by atoms with Gasteiger partial charge in [0.1, 0.15) is 6.04 Å². The molecule has 0 saturated heterocycles. The molecule has 2 amide bonds. The number of amides is 2. The van der Waals surface area contributed by atoms with Gasteiger partial charge < -0.3 is 10.2 Å². The van der Waals surface area contributed by atoms with Gasteiger partial charge in [0.05, 0.1) is 10.9 Å². The zero-order valence-electron chi connectivity index (χ0n) is 16.2. The quantitative estimate of drug-likeness (QED) is 0.853. The van der Waals surface area contributed by atoms with Crippen molar-refractivity contribution in [2.24, 2.45) is 0 Å². The summed E-state index contributed by atoms with van der Waals surface area (Å²) in [7, 11) is -3.26. The number of benzene rings is 2. The van der Waals surface area contributed by atoms with Gasteiger partial charge in [0.2, 0.25) is 11.8 Å². The van der Waals surface area contributed by atoms with E-state index >= 15 is 0 Å². The number of nitrogens with zero attached hydrogens (tertiary/aromatic N) is 1. The van der Waals surface area contributed by atoms with Gasteiger partial charge in [-0.15, -0.1) is 0 Å². The molecule has 0 fully saturated rings. The molecule has 2 unspecified atom stereocenters. The summed E-state index contributed by atoms with van der Waals surface area (Å²) in [5.41, 5.74) is 2.93. The Balaban J connectivity index is 1.76. The van der Waals surface area contributed by atoms with E-state index in [-0.39, 0.29) is 22.8 Å². The topological polar surface area (TPSA) is 83.6 Å². The van der Waals surface area contributed by atoms with E-state index in [0.29, 0.717) is 13.0 Å². The van der Waals surface area contributed by atoms with Crippen molar-refractivity contribution in [3.05, 3.63) is 65.2 Å². The van der Waals surface area contributed by atoms with Crippen molar-refractivity contribution in [2.45, 2.75) is 43.8 Å². The maximum absolute atomic E-state index is 12.9. The van der Waals surface area contributed by atoms with Gasteiger partial charge in [-0.25, -0.2) is 8.42 Å². The van der Waals surface area contributed by atoms with Crippen molar-refractivity contribution in [1.82, 2.24) is 10.2 Å². The first-order valence-electron chi connectivity index (χ1n) is 9.11. The summed E-state index contributed by atoms with van der Waals surface area (Å²) < 4.78 is 23.2. The Morgan fingerprint density at radius 1 is 1.07 bits per heavy atom. The van der Waals surface area contributed by atoms with Crippen LogP contribution < -0.4 is 5.32 Å². The minimum Gasteiger partial charge on any atom is -0.348 e. The standard InChI is InChI=1S/C21H24N2O4S/c1-14(16-8-10-19(11-9-16)28(3,26)27)22-21(25)20-12-17-6-4-5-7-18(17)13-23(20)15(2)24/h4-11,14,20H,12-13H2,1-3H3,(H,22,25). The highest BCUT2D eigenvalue weighted by Crippen LogP contribution is 2.24. The zero-order chi connectivity index (χ0) is 20.5. The van der Waals surface area contributed by atoms with Crippen LogP contribution in [0.4, 0.5) is 0 Å². The summed E-state index contributed by atoms with van der Waals surface area (Å²) in [6.45, 7) is 3.73. The second-order valence-electron chi connectivity index (χ2n) is 7.21. The fraction of sp³-hybridized carbons (Fsp3) is 0.333. The van der Waals surface area contributed by atoms with E-state index in [1.54, 1.807) is 17.0 Å². The molecule has 1 N–H and O–H groups in total. The molecule has 2 aromatic rings. The zero-order valence-corrected chi connectivity index (χ0v) is 17.0. The van der Waals surface area contributed by atoms with E-state index in [1.807, 2.05) is 31.2 Å². The van der Waals surface area contributed by atoms with E-state index < -0.39 is 15.9 Å². The van der Waals surface area contributed by atoms with Crippen LogP contribution in [0.25, 0.3) is 0 Å². The first kappa shape index (κ1) is 20.1. The molecule has 3 rings (SSSR count). The highest BCUT2D eigenvalue weighted by atomic mass is 32.2. The Hall–Kier alpha value is -2.67. The Bertz CT molecular complexity index is 999. The van der Waals surface area contributed by atoms with Gasteiger partial charge in [-0.05, 0) is 35.7 Å². The van der Waals surface area contributed by atoms with Crippen LogP contribution in [0.2, 0.25) is 0 Å². The van der Waals surface area contributed by atoms with Gasteiger partial charge in [0, 0.05) is 26.1 Å². The van der Waals surface area contributed by atoms with Crippen LogP contribution in [0.1, 0.15) is 36.6 Å². The van der Waals surface area contributed by atoms with Crippen LogP contribution in [-0.4, -0.2) is 37.4 Å².